The Hall–Kier alpha value is -0.570. The SMILES string of the molecule is CCC[C@]1(CO)CC[C@H]1CC(=O)N(C)C. The van der Waals surface area contributed by atoms with Gasteiger partial charge in [0.2, 0.25) is 5.91 Å². The quantitative estimate of drug-likeness (QED) is 0.754. The van der Waals surface area contributed by atoms with E-state index in [-0.39, 0.29) is 17.9 Å². The van der Waals surface area contributed by atoms with Crippen LogP contribution in [0.25, 0.3) is 0 Å². The molecule has 1 fully saturated rings. The zero-order valence-corrected chi connectivity index (χ0v) is 10.1. The lowest BCUT2D eigenvalue weighted by atomic mass is 9.57. The van der Waals surface area contributed by atoms with E-state index in [1.165, 1.54) is 0 Å². The van der Waals surface area contributed by atoms with Gasteiger partial charge in [0.05, 0.1) is 0 Å². The number of nitrogens with zero attached hydrogens (tertiary/aromatic N) is 1. The lowest BCUT2D eigenvalue weighted by Gasteiger charge is -2.49. The van der Waals surface area contributed by atoms with Crippen LogP contribution in [-0.4, -0.2) is 36.6 Å². The third-order valence-electron chi connectivity index (χ3n) is 3.84. The molecule has 1 amide bonds. The molecule has 0 unspecified atom stereocenters. The smallest absolute Gasteiger partial charge is 0.222 e. The summed E-state index contributed by atoms with van der Waals surface area (Å²) in [6, 6.07) is 0. The molecule has 0 aromatic carbocycles. The summed E-state index contributed by atoms with van der Waals surface area (Å²) in [6.07, 6.45) is 4.93. The van der Waals surface area contributed by atoms with Crippen LogP contribution in [0.15, 0.2) is 0 Å². The highest BCUT2D eigenvalue weighted by molar-refractivity contribution is 5.76. The molecule has 88 valence electrons. The number of carbonyl (C=O) groups is 1. The van der Waals surface area contributed by atoms with E-state index < -0.39 is 0 Å². The minimum absolute atomic E-state index is 0.0560. The van der Waals surface area contributed by atoms with Crippen molar-refractivity contribution >= 4 is 5.91 Å². The Labute approximate surface area is 92.5 Å². The van der Waals surface area contributed by atoms with E-state index >= 15 is 0 Å². The van der Waals surface area contributed by atoms with Crippen LogP contribution in [0, 0.1) is 11.3 Å². The summed E-state index contributed by atoms with van der Waals surface area (Å²) in [7, 11) is 3.59. The van der Waals surface area contributed by atoms with Crippen LogP contribution in [0.1, 0.15) is 39.0 Å². The summed E-state index contributed by atoms with van der Waals surface area (Å²) >= 11 is 0. The summed E-state index contributed by atoms with van der Waals surface area (Å²) < 4.78 is 0. The van der Waals surface area contributed by atoms with E-state index in [1.54, 1.807) is 19.0 Å². The van der Waals surface area contributed by atoms with E-state index in [1.807, 2.05) is 0 Å². The molecular formula is C12H23NO2. The van der Waals surface area contributed by atoms with E-state index in [0.29, 0.717) is 12.3 Å². The molecule has 0 aliphatic heterocycles. The van der Waals surface area contributed by atoms with Gasteiger partial charge in [-0.25, -0.2) is 0 Å². The molecule has 0 bridgehead atoms. The first-order valence-electron chi connectivity index (χ1n) is 5.86. The maximum absolute atomic E-state index is 11.6. The van der Waals surface area contributed by atoms with E-state index in [4.69, 9.17) is 0 Å². The van der Waals surface area contributed by atoms with Gasteiger partial charge in [0.25, 0.3) is 0 Å². The van der Waals surface area contributed by atoms with Crippen LogP contribution in [0.2, 0.25) is 0 Å². The summed E-state index contributed by atoms with van der Waals surface area (Å²) in [6.45, 7) is 2.38. The fourth-order valence-corrected chi connectivity index (χ4v) is 2.58. The Bertz CT molecular complexity index is 224. The largest absolute Gasteiger partial charge is 0.396 e. The lowest BCUT2D eigenvalue weighted by Crippen LogP contribution is -2.45. The van der Waals surface area contributed by atoms with Gasteiger partial charge in [0, 0.05) is 27.1 Å². The first kappa shape index (κ1) is 12.5. The molecule has 0 heterocycles. The number of aliphatic hydroxyl groups is 1. The number of hydrogen-bond acceptors (Lipinski definition) is 2. The van der Waals surface area contributed by atoms with Gasteiger partial charge in [-0.05, 0) is 30.6 Å². The first-order valence-corrected chi connectivity index (χ1v) is 5.86. The highest BCUT2D eigenvalue weighted by Gasteiger charge is 2.46. The zero-order chi connectivity index (χ0) is 11.5. The maximum atomic E-state index is 11.6. The first-order chi connectivity index (χ1) is 7.05. The molecule has 1 aliphatic rings. The summed E-state index contributed by atoms with van der Waals surface area (Å²) in [5, 5.41) is 9.46. The minimum atomic E-state index is 0.0560. The summed E-state index contributed by atoms with van der Waals surface area (Å²) in [5.41, 5.74) is 0.0560. The van der Waals surface area contributed by atoms with Crippen LogP contribution in [0.3, 0.4) is 0 Å². The van der Waals surface area contributed by atoms with Gasteiger partial charge in [0.1, 0.15) is 0 Å². The second-order valence-electron chi connectivity index (χ2n) is 5.00. The summed E-state index contributed by atoms with van der Waals surface area (Å²) in [5.74, 6) is 0.589. The van der Waals surface area contributed by atoms with Crippen LogP contribution in [-0.2, 0) is 4.79 Å². The van der Waals surface area contributed by atoms with Crippen LogP contribution in [0.4, 0.5) is 0 Å². The van der Waals surface area contributed by atoms with Gasteiger partial charge in [0.15, 0.2) is 0 Å². The van der Waals surface area contributed by atoms with E-state index in [0.717, 1.165) is 25.7 Å². The molecule has 2 atom stereocenters. The molecule has 3 heteroatoms. The van der Waals surface area contributed by atoms with Gasteiger partial charge in [-0.1, -0.05) is 13.3 Å². The molecule has 0 spiro atoms. The third kappa shape index (κ3) is 2.51. The van der Waals surface area contributed by atoms with Gasteiger partial charge in [-0.2, -0.15) is 0 Å². The molecule has 1 rings (SSSR count). The Kier molecular flexibility index (Phi) is 4.14. The fraction of sp³-hybridized carbons (Fsp3) is 0.917. The van der Waals surface area contributed by atoms with Crippen molar-refractivity contribution < 1.29 is 9.90 Å². The predicted octanol–water partition coefficient (Wildman–Crippen LogP) is 1.65. The fourth-order valence-electron chi connectivity index (χ4n) is 2.58. The third-order valence-corrected chi connectivity index (χ3v) is 3.84. The highest BCUT2D eigenvalue weighted by Crippen LogP contribution is 2.51. The van der Waals surface area contributed by atoms with Crippen molar-refractivity contribution in [1.82, 2.24) is 4.90 Å². The highest BCUT2D eigenvalue weighted by atomic mass is 16.3. The maximum Gasteiger partial charge on any atom is 0.222 e. The van der Waals surface area contributed by atoms with Crippen molar-refractivity contribution in [2.24, 2.45) is 11.3 Å². The van der Waals surface area contributed by atoms with Gasteiger partial charge in [-0.3, -0.25) is 4.79 Å². The lowest BCUT2D eigenvalue weighted by molar-refractivity contribution is -0.134. The van der Waals surface area contributed by atoms with E-state index in [2.05, 4.69) is 6.92 Å². The number of aliphatic hydroxyl groups excluding tert-OH is 1. The van der Waals surface area contributed by atoms with Crippen molar-refractivity contribution in [2.45, 2.75) is 39.0 Å². The molecule has 1 aliphatic carbocycles. The minimum Gasteiger partial charge on any atom is -0.396 e. The monoisotopic (exact) mass is 213 g/mol. The Morgan fingerprint density at radius 3 is 2.53 bits per heavy atom. The van der Waals surface area contributed by atoms with Crippen LogP contribution in [0.5, 0.6) is 0 Å². The molecule has 15 heavy (non-hydrogen) atoms. The van der Waals surface area contributed by atoms with Crippen molar-refractivity contribution in [3.8, 4) is 0 Å². The standard InChI is InChI=1S/C12H23NO2/c1-4-6-12(9-14)7-5-10(12)8-11(15)13(2)3/h10,14H,4-9H2,1-3H3/t10-,12+/m0/s1. The van der Waals surface area contributed by atoms with Crippen molar-refractivity contribution in [3.05, 3.63) is 0 Å². The molecular weight excluding hydrogens is 190 g/mol. The molecule has 0 aromatic heterocycles. The number of carbonyl (C=O) groups excluding carboxylic acids is 1. The summed E-state index contributed by atoms with van der Waals surface area (Å²) in [4.78, 5) is 13.2. The van der Waals surface area contributed by atoms with Crippen molar-refractivity contribution in [3.63, 3.8) is 0 Å². The molecule has 3 nitrogen and oxygen atoms in total. The molecule has 1 N–H and O–H groups in total. The number of hydrogen-bond donors (Lipinski definition) is 1. The van der Waals surface area contributed by atoms with Crippen LogP contribution >= 0.6 is 0 Å². The Balaban J connectivity index is 2.52. The number of rotatable bonds is 5. The van der Waals surface area contributed by atoms with E-state index in [9.17, 15) is 9.90 Å². The average Bonchev–Trinajstić information content (AvgIpc) is 2.20. The Morgan fingerprint density at radius 2 is 2.20 bits per heavy atom. The normalized spacial score (nSPS) is 29.7. The van der Waals surface area contributed by atoms with Gasteiger partial charge < -0.3 is 10.0 Å². The second kappa shape index (κ2) is 4.97. The molecule has 1 saturated carbocycles. The Morgan fingerprint density at radius 1 is 1.53 bits per heavy atom. The van der Waals surface area contributed by atoms with Gasteiger partial charge in [-0.15, -0.1) is 0 Å². The molecule has 0 radical (unpaired) electrons. The average molecular weight is 213 g/mol. The van der Waals surface area contributed by atoms with Crippen molar-refractivity contribution in [1.29, 1.82) is 0 Å². The predicted molar refractivity (Wildman–Crippen MR) is 60.5 cm³/mol. The van der Waals surface area contributed by atoms with Crippen LogP contribution < -0.4 is 0 Å². The topological polar surface area (TPSA) is 40.5 Å². The van der Waals surface area contributed by atoms with Crippen molar-refractivity contribution in [2.75, 3.05) is 20.7 Å². The zero-order valence-electron chi connectivity index (χ0n) is 10.1. The van der Waals surface area contributed by atoms with Gasteiger partial charge >= 0.3 is 0 Å². The molecule has 0 saturated heterocycles. The number of amides is 1. The molecule has 0 aromatic rings. The second-order valence-corrected chi connectivity index (χ2v) is 5.00.